The minimum absolute atomic E-state index is 0.306. The Balaban J connectivity index is 1.78. The van der Waals surface area contributed by atoms with Crippen molar-refractivity contribution in [2.45, 2.75) is 24.7 Å². The zero-order valence-electron chi connectivity index (χ0n) is 13.9. The lowest BCUT2D eigenvalue weighted by Gasteiger charge is -2.31. The Morgan fingerprint density at radius 2 is 1.92 bits per heavy atom. The van der Waals surface area contributed by atoms with Crippen molar-refractivity contribution in [1.82, 2.24) is 4.90 Å². The second-order valence-corrected chi connectivity index (χ2v) is 8.43. The van der Waals surface area contributed by atoms with E-state index in [0.717, 1.165) is 43.6 Å². The zero-order valence-corrected chi connectivity index (χ0v) is 14.7. The number of likely N-dealkylation sites (tertiary alicyclic amines) is 1. The first-order valence-electron chi connectivity index (χ1n) is 8.36. The molecular formula is C18H18N2O4S. The van der Waals surface area contributed by atoms with Crippen LogP contribution in [0.25, 0.3) is 5.57 Å². The number of benzene rings is 1. The fourth-order valence-electron chi connectivity index (χ4n) is 3.77. The van der Waals surface area contributed by atoms with Crippen LogP contribution in [0.1, 0.15) is 30.9 Å². The van der Waals surface area contributed by atoms with Crippen LogP contribution in [0.3, 0.4) is 0 Å². The van der Waals surface area contributed by atoms with Gasteiger partial charge in [0.15, 0.2) is 0 Å². The maximum Gasteiger partial charge on any atom is 0.441 e. The van der Waals surface area contributed by atoms with Crippen molar-refractivity contribution in [1.29, 1.82) is 5.26 Å². The molecule has 3 aliphatic heterocycles. The highest BCUT2D eigenvalue weighted by Gasteiger charge is 2.49. The van der Waals surface area contributed by atoms with E-state index >= 15 is 0 Å². The van der Waals surface area contributed by atoms with Crippen LogP contribution in [-0.4, -0.2) is 36.5 Å². The fourth-order valence-corrected chi connectivity index (χ4v) is 6.33. The number of piperidine rings is 1. The summed E-state index contributed by atoms with van der Waals surface area (Å²) in [5, 5.41) is 11.3. The molecule has 25 heavy (non-hydrogen) atoms. The van der Waals surface area contributed by atoms with Crippen molar-refractivity contribution < 1.29 is 18.0 Å². The van der Waals surface area contributed by atoms with Gasteiger partial charge in [0.2, 0.25) is 0 Å². The third kappa shape index (κ3) is 2.44. The van der Waals surface area contributed by atoms with Crippen molar-refractivity contribution in [3.05, 3.63) is 34.7 Å². The zero-order chi connectivity index (χ0) is 17.6. The molecule has 1 aromatic carbocycles. The molecule has 3 heterocycles. The van der Waals surface area contributed by atoms with Crippen molar-refractivity contribution in [3.8, 4) is 6.07 Å². The van der Waals surface area contributed by atoms with Gasteiger partial charge in [0.05, 0.1) is 11.0 Å². The Labute approximate surface area is 147 Å². The first-order chi connectivity index (χ1) is 12.1. The Bertz CT molecular complexity index is 818. The molecule has 6 nitrogen and oxygen atoms in total. The molecule has 0 aromatic heterocycles. The van der Waals surface area contributed by atoms with E-state index in [1.807, 2.05) is 17.5 Å². The number of carbonyl (C=O) groups excluding carboxylic acids is 2. The summed E-state index contributed by atoms with van der Waals surface area (Å²) in [7, 11) is -2.64. The number of carbonyl (C=O) groups is 2. The lowest BCUT2D eigenvalue weighted by Crippen LogP contribution is -2.33. The minimum atomic E-state index is -2.64. The molecule has 0 unspecified atom stereocenters. The van der Waals surface area contributed by atoms with E-state index < -0.39 is 22.5 Å². The second-order valence-electron chi connectivity index (χ2n) is 6.36. The number of hydrogen-bond acceptors (Lipinski definition) is 6. The number of rotatable bonds is 2. The first-order valence-corrected chi connectivity index (χ1v) is 9.90. The molecule has 1 aromatic rings. The molecule has 3 aliphatic rings. The third-order valence-corrected chi connectivity index (χ3v) is 7.42. The first kappa shape index (κ1) is 16.2. The lowest BCUT2D eigenvalue weighted by molar-refractivity contribution is -0.150. The number of nitriles is 1. The van der Waals surface area contributed by atoms with E-state index in [9.17, 15) is 14.9 Å². The number of nitrogens with zero attached hydrogens (tertiary/aromatic N) is 2. The molecule has 0 amide bonds. The van der Waals surface area contributed by atoms with Gasteiger partial charge in [0.1, 0.15) is 11.0 Å². The summed E-state index contributed by atoms with van der Waals surface area (Å²) >= 11 is 0. The summed E-state index contributed by atoms with van der Waals surface area (Å²) in [6, 6.07) is 7.56. The molecule has 0 saturated carbocycles. The summed E-state index contributed by atoms with van der Waals surface area (Å²) in [5.74, 6) is -1.65. The van der Waals surface area contributed by atoms with E-state index in [4.69, 9.17) is 8.37 Å². The van der Waals surface area contributed by atoms with E-state index in [0.29, 0.717) is 16.4 Å². The maximum absolute atomic E-state index is 11.7. The van der Waals surface area contributed by atoms with Crippen LogP contribution in [0.5, 0.6) is 0 Å². The van der Waals surface area contributed by atoms with Gasteiger partial charge in [0.25, 0.3) is 0 Å². The topological polar surface area (TPSA) is 79.6 Å². The van der Waals surface area contributed by atoms with Gasteiger partial charge in [-0.25, -0.2) is 9.59 Å². The second kappa shape index (κ2) is 5.90. The Kier molecular flexibility index (Phi) is 3.82. The van der Waals surface area contributed by atoms with Crippen LogP contribution in [0, 0.1) is 17.2 Å². The predicted molar refractivity (Wildman–Crippen MR) is 92.0 cm³/mol. The molecule has 2 fully saturated rings. The molecule has 0 N–H and O–H groups in total. The average Bonchev–Trinajstić information content (AvgIpc) is 3.11. The fraction of sp³-hybridized carbons (Fsp3) is 0.389. The van der Waals surface area contributed by atoms with Crippen LogP contribution in [0.15, 0.2) is 28.5 Å². The largest absolute Gasteiger partial charge is 0.441 e. The highest BCUT2D eigenvalue weighted by Crippen LogP contribution is 2.70. The summed E-state index contributed by atoms with van der Waals surface area (Å²) in [5.41, 5.74) is 2.32. The molecular weight excluding hydrogens is 340 g/mol. The molecule has 4 rings (SSSR count). The molecule has 0 atom stereocenters. The lowest BCUT2D eigenvalue weighted by atomic mass is 9.86. The molecule has 7 heteroatoms. The Hall–Kier alpha value is -2.30. The average molecular weight is 358 g/mol. The summed E-state index contributed by atoms with van der Waals surface area (Å²) in [6.07, 6.45) is 1.99. The van der Waals surface area contributed by atoms with Crippen molar-refractivity contribution in [3.63, 3.8) is 0 Å². The molecule has 130 valence electrons. The molecule has 0 bridgehead atoms. The Morgan fingerprint density at radius 3 is 2.52 bits per heavy atom. The van der Waals surface area contributed by atoms with Gasteiger partial charge in [-0.2, -0.15) is 5.26 Å². The normalized spacial score (nSPS) is 23.6. The smallest absolute Gasteiger partial charge is 0.325 e. The van der Waals surface area contributed by atoms with E-state index in [1.54, 1.807) is 6.07 Å². The third-order valence-electron chi connectivity index (χ3n) is 5.05. The quantitative estimate of drug-likeness (QED) is 0.756. The highest BCUT2D eigenvalue weighted by molar-refractivity contribution is 8.29. The van der Waals surface area contributed by atoms with Gasteiger partial charge < -0.3 is 13.3 Å². The monoisotopic (exact) mass is 358 g/mol. The van der Waals surface area contributed by atoms with Gasteiger partial charge in [-0.05, 0) is 50.0 Å². The van der Waals surface area contributed by atoms with Gasteiger partial charge in [-0.15, -0.1) is 0 Å². The molecule has 2 saturated heterocycles. The summed E-state index contributed by atoms with van der Waals surface area (Å²) < 4.78 is 10.8. The van der Waals surface area contributed by atoms with Crippen LogP contribution in [0.4, 0.5) is 0 Å². The molecule has 1 spiro atoms. The van der Waals surface area contributed by atoms with Crippen LogP contribution in [-0.2, 0) is 18.0 Å². The van der Waals surface area contributed by atoms with Crippen molar-refractivity contribution >= 4 is 28.1 Å². The maximum atomic E-state index is 11.7. The minimum Gasteiger partial charge on any atom is -0.325 e. The Morgan fingerprint density at radius 1 is 1.24 bits per heavy atom. The van der Waals surface area contributed by atoms with Crippen LogP contribution < -0.4 is 0 Å². The van der Waals surface area contributed by atoms with E-state index in [2.05, 4.69) is 17.9 Å². The van der Waals surface area contributed by atoms with Gasteiger partial charge in [-0.3, -0.25) is 0 Å². The summed E-state index contributed by atoms with van der Waals surface area (Å²) in [6.45, 7) is 5.20. The van der Waals surface area contributed by atoms with Gasteiger partial charge >= 0.3 is 11.9 Å². The highest BCUT2D eigenvalue weighted by atomic mass is 32.3. The van der Waals surface area contributed by atoms with Crippen molar-refractivity contribution in [2.24, 2.45) is 5.92 Å². The van der Waals surface area contributed by atoms with E-state index in [1.165, 1.54) is 0 Å². The molecule has 0 radical (unpaired) electrons. The SMILES string of the molecule is CCN1CCC(C2=CS3(OC(=O)C(=O)O3)c3c(C#N)cccc32)CC1. The van der Waals surface area contributed by atoms with Crippen molar-refractivity contribution in [2.75, 3.05) is 19.6 Å². The predicted octanol–water partition coefficient (Wildman–Crippen LogP) is 2.74. The van der Waals surface area contributed by atoms with Gasteiger partial charge in [-0.1, -0.05) is 29.6 Å². The molecule has 0 aliphatic carbocycles. The number of fused-ring (bicyclic) bond motifs is 2. The van der Waals surface area contributed by atoms with Crippen LogP contribution in [0.2, 0.25) is 0 Å². The summed E-state index contributed by atoms with van der Waals surface area (Å²) in [4.78, 5) is 26.4. The standard InChI is InChI=1S/C18H18N2O4S/c1-2-20-8-6-12(7-9-20)15-11-25(23-17(21)18(22)24-25)16-13(10-19)4-3-5-14(15)16/h3-5,11-12H,2,6-9H2,1H3. The number of hydrogen-bond donors (Lipinski definition) is 0. The van der Waals surface area contributed by atoms with E-state index in [-0.39, 0.29) is 0 Å². The van der Waals surface area contributed by atoms with Crippen LogP contribution >= 0.6 is 10.6 Å². The number of allylic oxidation sites excluding steroid dienone is 1. The van der Waals surface area contributed by atoms with Gasteiger partial charge in [0, 0.05) is 5.56 Å².